The van der Waals surface area contributed by atoms with Gasteiger partial charge in [0.2, 0.25) is 0 Å². The Morgan fingerprint density at radius 1 is 0.684 bits per heavy atom. The molecule has 1 unspecified atom stereocenters. The van der Waals surface area contributed by atoms with Crippen LogP contribution in [-0.4, -0.2) is 34.5 Å². The van der Waals surface area contributed by atoms with Gasteiger partial charge in [-0.05, 0) is 71.2 Å². The summed E-state index contributed by atoms with van der Waals surface area (Å²) < 4.78 is 21.7. The van der Waals surface area contributed by atoms with Gasteiger partial charge in [0, 0.05) is 12.1 Å². The van der Waals surface area contributed by atoms with E-state index in [4.69, 9.17) is 18.9 Å². The molecule has 1 aliphatic rings. The van der Waals surface area contributed by atoms with Gasteiger partial charge in [-0.2, -0.15) is 0 Å². The molecule has 0 aliphatic carbocycles. The number of nitrogens with zero attached hydrogens (tertiary/aromatic N) is 1. The first-order valence-electron chi connectivity index (χ1n) is 12.6. The lowest BCUT2D eigenvalue weighted by atomic mass is 10.0. The lowest BCUT2D eigenvalue weighted by molar-refractivity contribution is 0.394. The van der Waals surface area contributed by atoms with Gasteiger partial charge in [0.1, 0.15) is 23.0 Å². The number of anilines is 1. The van der Waals surface area contributed by atoms with E-state index in [1.54, 1.807) is 28.4 Å². The van der Waals surface area contributed by atoms with Crippen LogP contribution in [0.25, 0.3) is 12.2 Å². The number of rotatable bonds is 10. The first-order chi connectivity index (χ1) is 18.4. The Morgan fingerprint density at radius 2 is 1.18 bits per heavy atom. The van der Waals surface area contributed by atoms with Gasteiger partial charge in [-0.1, -0.05) is 44.2 Å². The van der Waals surface area contributed by atoms with Crippen LogP contribution in [0.3, 0.4) is 0 Å². The zero-order chi connectivity index (χ0) is 27.1. The molecular formula is C32H36N2O4. The maximum atomic E-state index is 5.44. The van der Waals surface area contributed by atoms with Crippen LogP contribution in [0.15, 0.2) is 84.6 Å². The van der Waals surface area contributed by atoms with E-state index < -0.39 is 0 Å². The van der Waals surface area contributed by atoms with E-state index in [-0.39, 0.29) is 6.04 Å². The minimum Gasteiger partial charge on any atom is -0.497 e. The molecule has 1 N–H and O–H groups in total. The number of nitrogens with one attached hydrogen (secondary N) is 1. The van der Waals surface area contributed by atoms with E-state index in [0.717, 1.165) is 45.5 Å². The van der Waals surface area contributed by atoms with E-state index in [9.17, 15) is 0 Å². The number of hydrogen-bond acceptors (Lipinski definition) is 6. The van der Waals surface area contributed by atoms with Gasteiger partial charge >= 0.3 is 0 Å². The Kier molecular flexibility index (Phi) is 8.64. The molecular weight excluding hydrogens is 476 g/mol. The van der Waals surface area contributed by atoms with Crippen LogP contribution < -0.4 is 29.4 Å². The van der Waals surface area contributed by atoms with E-state index in [1.165, 1.54) is 5.56 Å². The van der Waals surface area contributed by atoms with Gasteiger partial charge < -0.3 is 18.9 Å². The predicted molar refractivity (Wildman–Crippen MR) is 155 cm³/mol. The Bertz CT molecular complexity index is 1280. The van der Waals surface area contributed by atoms with Crippen LogP contribution in [0.5, 0.6) is 23.0 Å². The summed E-state index contributed by atoms with van der Waals surface area (Å²) >= 11 is 0. The normalized spacial score (nSPS) is 15.2. The maximum absolute atomic E-state index is 5.44. The van der Waals surface area contributed by atoms with Gasteiger partial charge in [0.05, 0.1) is 45.9 Å². The molecule has 1 heterocycles. The standard InChI is InChI=1S/C32H36N2O4/c1-22(2)25-9-13-27(14-10-25)34-28(12-8-24-17-31(37-5)21-32(18-24)38-6)19-26(33-34)11-7-23-15-29(35-3)20-30(16-23)36-4/h7-22,28,33H,1-6H3. The molecule has 6 heteroatoms. The van der Waals surface area contributed by atoms with Crippen molar-refractivity contribution >= 4 is 17.8 Å². The van der Waals surface area contributed by atoms with E-state index in [2.05, 4.69) is 72.9 Å². The average molecular weight is 513 g/mol. The highest BCUT2D eigenvalue weighted by Gasteiger charge is 2.22. The smallest absolute Gasteiger partial charge is 0.123 e. The topological polar surface area (TPSA) is 52.2 Å². The number of allylic oxidation sites excluding steroid dienone is 1. The fourth-order valence-corrected chi connectivity index (χ4v) is 4.25. The Morgan fingerprint density at radius 3 is 1.66 bits per heavy atom. The number of hydrazine groups is 1. The molecule has 0 saturated carbocycles. The fourth-order valence-electron chi connectivity index (χ4n) is 4.25. The first kappa shape index (κ1) is 26.7. The van der Waals surface area contributed by atoms with Gasteiger partial charge in [-0.15, -0.1) is 0 Å². The molecule has 3 aromatic carbocycles. The van der Waals surface area contributed by atoms with Crippen LogP contribution in [-0.2, 0) is 0 Å². The summed E-state index contributed by atoms with van der Waals surface area (Å²) in [4.78, 5) is 0. The first-order valence-corrected chi connectivity index (χ1v) is 12.6. The second kappa shape index (κ2) is 12.3. The van der Waals surface area contributed by atoms with Crippen LogP contribution in [0.4, 0.5) is 5.69 Å². The van der Waals surface area contributed by atoms with Crippen LogP contribution >= 0.6 is 0 Å². The zero-order valence-electron chi connectivity index (χ0n) is 22.9. The molecule has 0 saturated heterocycles. The third kappa shape index (κ3) is 6.51. The largest absolute Gasteiger partial charge is 0.497 e. The van der Waals surface area contributed by atoms with Gasteiger partial charge in [-0.25, -0.2) is 0 Å². The molecule has 38 heavy (non-hydrogen) atoms. The van der Waals surface area contributed by atoms with E-state index in [0.29, 0.717) is 5.92 Å². The van der Waals surface area contributed by atoms with Gasteiger partial charge in [0.25, 0.3) is 0 Å². The minimum atomic E-state index is -0.0170. The van der Waals surface area contributed by atoms with Crippen molar-refractivity contribution in [2.75, 3.05) is 33.4 Å². The molecule has 0 aromatic heterocycles. The van der Waals surface area contributed by atoms with Crippen LogP contribution in [0.2, 0.25) is 0 Å². The van der Waals surface area contributed by atoms with Crippen LogP contribution in [0, 0.1) is 0 Å². The second-order valence-electron chi connectivity index (χ2n) is 9.33. The molecule has 0 amide bonds. The Labute approximate surface area is 225 Å². The molecule has 3 aromatic rings. The number of benzene rings is 3. The van der Waals surface area contributed by atoms with Crippen molar-refractivity contribution in [3.63, 3.8) is 0 Å². The lowest BCUT2D eigenvalue weighted by Crippen LogP contribution is -2.37. The average Bonchev–Trinajstić information content (AvgIpc) is 3.37. The molecule has 1 aliphatic heterocycles. The maximum Gasteiger partial charge on any atom is 0.123 e. The summed E-state index contributed by atoms with van der Waals surface area (Å²) in [5.74, 6) is 3.48. The zero-order valence-corrected chi connectivity index (χ0v) is 22.9. The summed E-state index contributed by atoms with van der Waals surface area (Å²) in [6.45, 7) is 4.41. The highest BCUT2D eigenvalue weighted by molar-refractivity contribution is 5.62. The monoisotopic (exact) mass is 512 g/mol. The number of ether oxygens (including phenoxy) is 4. The Hall–Kier alpha value is -4.32. The number of hydrogen-bond donors (Lipinski definition) is 1. The number of methoxy groups -OCH3 is 4. The Balaban J connectivity index is 1.64. The van der Waals surface area contributed by atoms with E-state index in [1.807, 2.05) is 42.5 Å². The molecule has 0 spiro atoms. The van der Waals surface area contributed by atoms with Crippen molar-refractivity contribution in [2.45, 2.75) is 25.8 Å². The van der Waals surface area contributed by atoms with Crippen molar-refractivity contribution in [1.29, 1.82) is 0 Å². The predicted octanol–water partition coefficient (Wildman–Crippen LogP) is 6.85. The highest BCUT2D eigenvalue weighted by atomic mass is 16.5. The van der Waals surface area contributed by atoms with Crippen molar-refractivity contribution in [1.82, 2.24) is 5.43 Å². The molecule has 4 rings (SSSR count). The summed E-state index contributed by atoms with van der Waals surface area (Å²) in [6, 6.07) is 20.3. The van der Waals surface area contributed by atoms with E-state index >= 15 is 0 Å². The van der Waals surface area contributed by atoms with Gasteiger partial charge in [0.15, 0.2) is 0 Å². The molecule has 0 bridgehead atoms. The minimum absolute atomic E-state index is 0.0170. The molecule has 1 atom stereocenters. The van der Waals surface area contributed by atoms with Crippen LogP contribution in [0.1, 0.15) is 36.5 Å². The van der Waals surface area contributed by atoms with Crippen molar-refractivity contribution < 1.29 is 18.9 Å². The summed E-state index contributed by atoms with van der Waals surface area (Å²) in [5, 5.41) is 2.16. The third-order valence-electron chi connectivity index (χ3n) is 6.42. The third-order valence-corrected chi connectivity index (χ3v) is 6.42. The summed E-state index contributed by atoms with van der Waals surface area (Å²) in [7, 11) is 6.62. The SMILES string of the molecule is COc1cc(C=CC2=CC(C=Cc3cc(OC)cc(OC)c3)N(c3ccc(C(C)C)cc3)N2)cc(OC)c1. The lowest BCUT2D eigenvalue weighted by Gasteiger charge is -2.25. The summed E-state index contributed by atoms with van der Waals surface area (Å²) in [5.41, 5.74) is 8.91. The fraction of sp³-hybridized carbons (Fsp3) is 0.250. The molecule has 0 radical (unpaired) electrons. The van der Waals surface area contributed by atoms with Gasteiger partial charge in [-0.3, -0.25) is 10.4 Å². The second-order valence-corrected chi connectivity index (χ2v) is 9.33. The molecule has 0 fully saturated rings. The molecule has 6 nitrogen and oxygen atoms in total. The quantitative estimate of drug-likeness (QED) is 0.321. The van der Waals surface area contributed by atoms with Crippen molar-refractivity contribution in [2.24, 2.45) is 0 Å². The van der Waals surface area contributed by atoms with Crippen molar-refractivity contribution in [3.05, 3.63) is 101 Å². The molecule has 198 valence electrons. The highest BCUT2D eigenvalue weighted by Crippen LogP contribution is 2.28. The van der Waals surface area contributed by atoms with Crippen molar-refractivity contribution in [3.8, 4) is 23.0 Å². The summed E-state index contributed by atoms with van der Waals surface area (Å²) in [6.07, 6.45) is 10.5.